The zero-order chi connectivity index (χ0) is 19.7. The van der Waals surface area contributed by atoms with Gasteiger partial charge in [0.1, 0.15) is 5.41 Å². The van der Waals surface area contributed by atoms with Crippen molar-refractivity contribution in [3.05, 3.63) is 102 Å². The van der Waals surface area contributed by atoms with E-state index in [4.69, 9.17) is 0 Å². The highest BCUT2D eigenvalue weighted by Crippen LogP contribution is 2.48. The number of carbonyl (C=O) groups excluding carboxylic acids is 1. The van der Waals surface area contributed by atoms with E-state index in [1.165, 1.54) is 12.0 Å². The van der Waals surface area contributed by atoms with Crippen LogP contribution in [0.25, 0.3) is 0 Å². The molecule has 2 aliphatic heterocycles. The number of fused-ring (bicyclic) bond motifs is 1. The molecule has 1 unspecified atom stereocenters. The smallest absolute Gasteiger partial charge is 0.257 e. The van der Waals surface area contributed by atoms with E-state index < -0.39 is 5.41 Å². The Labute approximate surface area is 172 Å². The van der Waals surface area contributed by atoms with Crippen molar-refractivity contribution < 1.29 is 4.79 Å². The molecular formula is C26H26N2O. The number of hydrogen-bond acceptors (Lipinski definition) is 2. The van der Waals surface area contributed by atoms with Gasteiger partial charge in [0, 0.05) is 13.1 Å². The van der Waals surface area contributed by atoms with Gasteiger partial charge in [0.2, 0.25) is 0 Å². The van der Waals surface area contributed by atoms with Crippen LogP contribution >= 0.6 is 0 Å². The SMILES string of the molecule is O=C1N(N2CCCCC2)c2ccccc2C1(Cc1ccccc1)c1ccccc1. The number of piperidine rings is 1. The lowest BCUT2D eigenvalue weighted by Crippen LogP contribution is -2.52. The summed E-state index contributed by atoms with van der Waals surface area (Å²) < 4.78 is 0. The Hall–Kier alpha value is -2.91. The molecule has 0 bridgehead atoms. The van der Waals surface area contributed by atoms with Crippen molar-refractivity contribution in [3.63, 3.8) is 0 Å². The average Bonchev–Trinajstić information content (AvgIpc) is 3.04. The topological polar surface area (TPSA) is 23.6 Å². The Morgan fingerprint density at radius 1 is 0.724 bits per heavy atom. The molecule has 1 saturated heterocycles. The minimum atomic E-state index is -0.698. The van der Waals surface area contributed by atoms with Crippen LogP contribution in [0.15, 0.2) is 84.9 Å². The number of hydrazine groups is 1. The quantitative estimate of drug-likeness (QED) is 0.636. The molecule has 1 atom stereocenters. The first-order valence-corrected chi connectivity index (χ1v) is 10.6. The third kappa shape index (κ3) is 2.97. The number of para-hydroxylation sites is 1. The van der Waals surface area contributed by atoms with Crippen LogP contribution in [0, 0.1) is 0 Å². The summed E-state index contributed by atoms with van der Waals surface area (Å²) in [5.74, 6) is 0.177. The summed E-state index contributed by atoms with van der Waals surface area (Å²) >= 11 is 0. The highest BCUT2D eigenvalue weighted by molar-refractivity contribution is 6.10. The second-order valence-electron chi connectivity index (χ2n) is 8.08. The zero-order valence-corrected chi connectivity index (χ0v) is 16.6. The first-order chi connectivity index (χ1) is 14.3. The molecule has 2 heterocycles. The molecule has 2 aliphatic rings. The van der Waals surface area contributed by atoms with Gasteiger partial charge in [-0.1, -0.05) is 85.3 Å². The first kappa shape index (κ1) is 18.1. The van der Waals surface area contributed by atoms with Crippen molar-refractivity contribution >= 4 is 11.6 Å². The molecule has 5 rings (SSSR count). The second kappa shape index (κ2) is 7.49. The highest BCUT2D eigenvalue weighted by Gasteiger charge is 2.53. The maximum Gasteiger partial charge on any atom is 0.257 e. The van der Waals surface area contributed by atoms with Gasteiger partial charge >= 0.3 is 0 Å². The molecule has 0 radical (unpaired) electrons. The number of nitrogens with zero attached hydrogens (tertiary/aromatic N) is 2. The van der Waals surface area contributed by atoms with Crippen LogP contribution in [0.1, 0.15) is 36.0 Å². The summed E-state index contributed by atoms with van der Waals surface area (Å²) in [7, 11) is 0. The van der Waals surface area contributed by atoms with E-state index in [0.717, 1.165) is 42.7 Å². The van der Waals surface area contributed by atoms with Crippen LogP contribution in [-0.2, 0) is 16.6 Å². The van der Waals surface area contributed by atoms with Gasteiger partial charge in [-0.25, -0.2) is 10.0 Å². The van der Waals surface area contributed by atoms with Crippen molar-refractivity contribution in [2.24, 2.45) is 0 Å². The highest BCUT2D eigenvalue weighted by atomic mass is 16.2. The number of anilines is 1. The molecule has 0 N–H and O–H groups in total. The van der Waals surface area contributed by atoms with Crippen LogP contribution in [0.4, 0.5) is 5.69 Å². The lowest BCUT2D eigenvalue weighted by Gasteiger charge is -2.37. The van der Waals surface area contributed by atoms with Gasteiger partial charge in [0.05, 0.1) is 5.69 Å². The van der Waals surface area contributed by atoms with Gasteiger partial charge in [0.15, 0.2) is 0 Å². The van der Waals surface area contributed by atoms with E-state index in [1.807, 2.05) is 35.3 Å². The van der Waals surface area contributed by atoms with Crippen LogP contribution in [-0.4, -0.2) is 24.0 Å². The Balaban J connectivity index is 1.70. The van der Waals surface area contributed by atoms with Crippen molar-refractivity contribution in [1.82, 2.24) is 5.01 Å². The van der Waals surface area contributed by atoms with Gasteiger partial charge in [-0.15, -0.1) is 0 Å². The molecule has 0 spiro atoms. The van der Waals surface area contributed by atoms with Gasteiger partial charge in [0.25, 0.3) is 5.91 Å². The minimum Gasteiger partial charge on any atom is -0.272 e. The Bertz CT molecular complexity index is 995. The third-order valence-corrected chi connectivity index (χ3v) is 6.34. The summed E-state index contributed by atoms with van der Waals surface area (Å²) in [5.41, 5.74) is 3.71. The normalized spacial score (nSPS) is 21.9. The summed E-state index contributed by atoms with van der Waals surface area (Å²) in [5, 5.41) is 4.25. The van der Waals surface area contributed by atoms with E-state index in [1.54, 1.807) is 0 Å². The first-order valence-electron chi connectivity index (χ1n) is 10.6. The molecular weight excluding hydrogens is 356 g/mol. The molecule has 0 aliphatic carbocycles. The van der Waals surface area contributed by atoms with Gasteiger partial charge in [-0.05, 0) is 42.0 Å². The van der Waals surface area contributed by atoms with Gasteiger partial charge in [-0.2, -0.15) is 0 Å². The molecule has 3 aromatic rings. The molecule has 1 fully saturated rings. The summed E-state index contributed by atoms with van der Waals surface area (Å²) in [6, 6.07) is 29.1. The number of amides is 1. The monoisotopic (exact) mass is 382 g/mol. The molecule has 0 saturated carbocycles. The second-order valence-corrected chi connectivity index (χ2v) is 8.08. The molecule has 3 nitrogen and oxygen atoms in total. The maximum atomic E-state index is 14.3. The van der Waals surface area contributed by atoms with E-state index in [2.05, 4.69) is 59.6 Å². The predicted octanol–water partition coefficient (Wildman–Crippen LogP) is 4.96. The van der Waals surface area contributed by atoms with Crippen molar-refractivity contribution in [3.8, 4) is 0 Å². The Morgan fingerprint density at radius 2 is 1.34 bits per heavy atom. The molecule has 146 valence electrons. The largest absolute Gasteiger partial charge is 0.272 e. The summed E-state index contributed by atoms with van der Waals surface area (Å²) in [4.78, 5) is 14.3. The maximum absolute atomic E-state index is 14.3. The van der Waals surface area contributed by atoms with Crippen molar-refractivity contribution in [2.45, 2.75) is 31.1 Å². The fraction of sp³-hybridized carbons (Fsp3) is 0.269. The lowest BCUT2D eigenvalue weighted by atomic mass is 9.71. The third-order valence-electron chi connectivity index (χ3n) is 6.34. The Kier molecular flexibility index (Phi) is 4.69. The fourth-order valence-electron chi connectivity index (χ4n) is 4.96. The molecule has 29 heavy (non-hydrogen) atoms. The van der Waals surface area contributed by atoms with Crippen molar-refractivity contribution in [1.29, 1.82) is 0 Å². The molecule has 3 heteroatoms. The van der Waals surface area contributed by atoms with E-state index in [0.29, 0.717) is 6.42 Å². The van der Waals surface area contributed by atoms with Gasteiger partial charge in [-0.3, -0.25) is 4.79 Å². The molecule has 1 amide bonds. The van der Waals surface area contributed by atoms with Crippen molar-refractivity contribution in [2.75, 3.05) is 18.1 Å². The fourth-order valence-corrected chi connectivity index (χ4v) is 4.96. The summed E-state index contributed by atoms with van der Waals surface area (Å²) in [6.07, 6.45) is 4.19. The van der Waals surface area contributed by atoms with E-state index in [9.17, 15) is 4.79 Å². The number of benzene rings is 3. The predicted molar refractivity (Wildman–Crippen MR) is 117 cm³/mol. The van der Waals surface area contributed by atoms with Gasteiger partial charge < -0.3 is 0 Å². The van der Waals surface area contributed by atoms with E-state index >= 15 is 0 Å². The number of hydrogen-bond donors (Lipinski definition) is 0. The molecule has 3 aromatic carbocycles. The van der Waals surface area contributed by atoms with E-state index in [-0.39, 0.29) is 5.91 Å². The average molecular weight is 383 g/mol. The Morgan fingerprint density at radius 3 is 2.07 bits per heavy atom. The zero-order valence-electron chi connectivity index (χ0n) is 16.6. The molecule has 0 aromatic heterocycles. The van der Waals surface area contributed by atoms with Crippen LogP contribution in [0.3, 0.4) is 0 Å². The number of rotatable bonds is 4. The van der Waals surface area contributed by atoms with Crippen LogP contribution < -0.4 is 5.01 Å². The van der Waals surface area contributed by atoms with Crippen LogP contribution in [0.2, 0.25) is 0 Å². The van der Waals surface area contributed by atoms with Crippen LogP contribution in [0.5, 0.6) is 0 Å². The lowest BCUT2D eigenvalue weighted by molar-refractivity contribution is -0.125. The number of carbonyl (C=O) groups is 1. The minimum absolute atomic E-state index is 0.177. The summed E-state index contributed by atoms with van der Waals surface area (Å²) in [6.45, 7) is 1.88. The standard InChI is InChI=1S/C26H26N2O/c29-25-26(22-14-6-2-7-15-22,20-21-12-4-1-5-13-21)23-16-8-9-17-24(23)28(25)27-18-10-3-11-19-27/h1-2,4-9,12-17H,3,10-11,18-20H2.